The molecule has 0 aliphatic rings. The molecule has 4 heteroatoms. The molecule has 0 aliphatic carbocycles. The van der Waals surface area contributed by atoms with Gasteiger partial charge in [-0.2, -0.15) is 0 Å². The molecular formula is C11H26INO2. The van der Waals surface area contributed by atoms with Gasteiger partial charge in [-0.3, -0.25) is 0 Å². The maximum absolute atomic E-state index is 8.73. The molecule has 0 spiro atoms. The first-order valence-corrected chi connectivity index (χ1v) is 5.84. The van der Waals surface area contributed by atoms with E-state index in [1.807, 2.05) is 7.05 Å². The molecular weight excluding hydrogens is 305 g/mol. The van der Waals surface area contributed by atoms with Gasteiger partial charge in [0.25, 0.3) is 0 Å². The molecule has 0 aromatic heterocycles. The first-order valence-electron chi connectivity index (χ1n) is 5.84. The monoisotopic (exact) mass is 331 g/mol. The second-order valence-corrected chi connectivity index (χ2v) is 4.16. The molecule has 0 aromatic rings. The zero-order valence-corrected chi connectivity index (χ0v) is 12.2. The molecule has 0 aromatic carbocycles. The molecule has 3 nitrogen and oxygen atoms in total. The lowest BCUT2D eigenvalue weighted by molar-refractivity contribution is -0.886. The van der Waals surface area contributed by atoms with E-state index in [0.29, 0.717) is 6.54 Å². The Bertz CT molecular complexity index is 123. The van der Waals surface area contributed by atoms with Crippen molar-refractivity contribution in [3.05, 3.63) is 0 Å². The Morgan fingerprint density at radius 3 is 2.07 bits per heavy atom. The Morgan fingerprint density at radius 1 is 1.00 bits per heavy atom. The fourth-order valence-electron chi connectivity index (χ4n) is 1.62. The molecule has 0 aliphatic heterocycles. The normalized spacial score (nSPS) is 12.6. The highest BCUT2D eigenvalue weighted by atomic mass is 127. The molecule has 0 saturated carbocycles. The van der Waals surface area contributed by atoms with E-state index >= 15 is 0 Å². The minimum Gasteiger partial charge on any atom is -1.00 e. The molecule has 0 amide bonds. The highest BCUT2D eigenvalue weighted by molar-refractivity contribution is 4.42. The maximum atomic E-state index is 8.73. The number of halogens is 1. The zero-order chi connectivity index (χ0) is 10.8. The van der Waals surface area contributed by atoms with Crippen LogP contribution in [0.2, 0.25) is 0 Å². The van der Waals surface area contributed by atoms with E-state index in [0.717, 1.165) is 6.54 Å². The summed E-state index contributed by atoms with van der Waals surface area (Å²) in [4.78, 5) is 1.20. The van der Waals surface area contributed by atoms with Crippen LogP contribution in [0.4, 0.5) is 0 Å². The largest absolute Gasteiger partial charge is 1.00 e. The number of aliphatic hydroxyl groups is 2. The van der Waals surface area contributed by atoms with Crippen LogP contribution in [-0.4, -0.2) is 36.6 Å². The van der Waals surface area contributed by atoms with Crippen LogP contribution >= 0.6 is 0 Å². The number of nitrogens with one attached hydrogen (secondary N) is 1. The summed E-state index contributed by atoms with van der Waals surface area (Å²) in [5, 5.41) is 17.5. The van der Waals surface area contributed by atoms with Crippen LogP contribution < -0.4 is 28.9 Å². The average Bonchev–Trinajstić information content (AvgIpc) is 2.10. The van der Waals surface area contributed by atoms with Gasteiger partial charge in [0.15, 0.2) is 0 Å². The van der Waals surface area contributed by atoms with E-state index < -0.39 is 6.29 Å². The highest BCUT2D eigenvalue weighted by Crippen LogP contribution is 2.03. The summed E-state index contributed by atoms with van der Waals surface area (Å²) in [5.41, 5.74) is 0. The molecule has 1 atom stereocenters. The quantitative estimate of drug-likeness (QED) is 0.242. The van der Waals surface area contributed by atoms with Gasteiger partial charge in [0.2, 0.25) is 6.29 Å². The van der Waals surface area contributed by atoms with Crippen LogP contribution in [0.1, 0.15) is 45.4 Å². The molecule has 15 heavy (non-hydrogen) atoms. The first-order chi connectivity index (χ1) is 6.66. The fraction of sp³-hybridized carbons (Fsp3) is 1.00. The van der Waals surface area contributed by atoms with Crippen molar-refractivity contribution in [1.82, 2.24) is 0 Å². The van der Waals surface area contributed by atoms with Crippen LogP contribution in [0.3, 0.4) is 0 Å². The lowest BCUT2D eigenvalue weighted by Gasteiger charge is -2.14. The van der Waals surface area contributed by atoms with E-state index in [1.54, 1.807) is 0 Å². The lowest BCUT2D eigenvalue weighted by Crippen LogP contribution is -3.10. The summed E-state index contributed by atoms with van der Waals surface area (Å²) >= 11 is 0. The molecule has 94 valence electrons. The Labute approximate surface area is 111 Å². The number of likely N-dealkylation sites (N-methyl/N-ethyl adjacent to an activating group) is 1. The molecule has 0 saturated heterocycles. The van der Waals surface area contributed by atoms with Gasteiger partial charge in [-0.1, -0.05) is 32.6 Å². The van der Waals surface area contributed by atoms with Crippen molar-refractivity contribution in [2.75, 3.05) is 20.1 Å². The molecule has 0 bridgehead atoms. The minimum absolute atomic E-state index is 0. The number of hydrogen-bond donors (Lipinski definition) is 3. The summed E-state index contributed by atoms with van der Waals surface area (Å²) in [6, 6.07) is 0. The number of hydrogen-bond acceptors (Lipinski definition) is 2. The van der Waals surface area contributed by atoms with Crippen molar-refractivity contribution in [3.63, 3.8) is 0 Å². The third-order valence-electron chi connectivity index (χ3n) is 2.49. The SMILES string of the molecule is CCCCCCCC[NH+](C)CC(O)O.[I-]. The standard InChI is InChI=1S/C11H25NO2.HI/c1-3-4-5-6-7-8-9-12(2)10-11(13)14;/h11,13-14H,3-10H2,1-2H3;1H. The topological polar surface area (TPSA) is 44.9 Å². The third-order valence-corrected chi connectivity index (χ3v) is 2.49. The van der Waals surface area contributed by atoms with Gasteiger partial charge in [0, 0.05) is 0 Å². The van der Waals surface area contributed by atoms with Crippen molar-refractivity contribution >= 4 is 0 Å². The molecule has 0 fully saturated rings. The summed E-state index contributed by atoms with van der Waals surface area (Å²) in [6.07, 6.45) is 6.62. The smallest absolute Gasteiger partial charge is 0.202 e. The zero-order valence-electron chi connectivity index (χ0n) is 10.0. The number of rotatable bonds is 9. The van der Waals surface area contributed by atoms with Gasteiger partial charge >= 0.3 is 0 Å². The summed E-state index contributed by atoms with van der Waals surface area (Å²) in [5.74, 6) is 0. The number of aliphatic hydroxyl groups excluding tert-OH is 1. The number of quaternary nitrogens is 1. The van der Waals surface area contributed by atoms with Gasteiger partial charge < -0.3 is 39.1 Å². The Morgan fingerprint density at radius 2 is 1.53 bits per heavy atom. The van der Waals surface area contributed by atoms with Gasteiger partial charge in [-0.05, 0) is 12.8 Å². The summed E-state index contributed by atoms with van der Waals surface area (Å²) in [6.45, 7) is 3.71. The Balaban J connectivity index is 0. The third kappa shape index (κ3) is 14.6. The van der Waals surface area contributed by atoms with E-state index in [4.69, 9.17) is 10.2 Å². The second-order valence-electron chi connectivity index (χ2n) is 4.16. The molecule has 0 radical (unpaired) electrons. The Kier molecular flexibility index (Phi) is 15.2. The Hall–Kier alpha value is 0.610. The van der Waals surface area contributed by atoms with E-state index in [-0.39, 0.29) is 24.0 Å². The van der Waals surface area contributed by atoms with Crippen LogP contribution in [0.5, 0.6) is 0 Å². The van der Waals surface area contributed by atoms with Crippen molar-refractivity contribution in [2.45, 2.75) is 51.7 Å². The van der Waals surface area contributed by atoms with E-state index in [1.165, 1.54) is 43.4 Å². The molecule has 0 heterocycles. The average molecular weight is 331 g/mol. The first kappa shape index (κ1) is 18.0. The van der Waals surface area contributed by atoms with E-state index in [2.05, 4.69) is 6.92 Å². The maximum Gasteiger partial charge on any atom is 0.202 e. The predicted molar refractivity (Wildman–Crippen MR) is 58.2 cm³/mol. The summed E-state index contributed by atoms with van der Waals surface area (Å²) in [7, 11) is 2.01. The van der Waals surface area contributed by atoms with Crippen molar-refractivity contribution in [2.24, 2.45) is 0 Å². The minimum atomic E-state index is -1.16. The highest BCUT2D eigenvalue weighted by Gasteiger charge is 2.06. The van der Waals surface area contributed by atoms with Crippen LogP contribution in [0.15, 0.2) is 0 Å². The van der Waals surface area contributed by atoms with Crippen molar-refractivity contribution in [1.29, 1.82) is 0 Å². The van der Waals surface area contributed by atoms with Crippen molar-refractivity contribution in [3.8, 4) is 0 Å². The lowest BCUT2D eigenvalue weighted by atomic mass is 10.1. The fourth-order valence-corrected chi connectivity index (χ4v) is 1.62. The summed E-state index contributed by atoms with van der Waals surface area (Å²) < 4.78 is 0. The van der Waals surface area contributed by atoms with Crippen molar-refractivity contribution < 1.29 is 39.1 Å². The van der Waals surface area contributed by atoms with Crippen LogP contribution in [-0.2, 0) is 0 Å². The second kappa shape index (κ2) is 12.7. The molecule has 1 unspecified atom stereocenters. The molecule has 0 rings (SSSR count). The van der Waals surface area contributed by atoms with Crippen LogP contribution in [0, 0.1) is 0 Å². The van der Waals surface area contributed by atoms with E-state index in [9.17, 15) is 0 Å². The molecule has 3 N–H and O–H groups in total. The van der Waals surface area contributed by atoms with Crippen LogP contribution in [0.25, 0.3) is 0 Å². The number of unbranched alkanes of at least 4 members (excludes halogenated alkanes) is 5. The van der Waals surface area contributed by atoms with Gasteiger partial charge in [-0.15, -0.1) is 0 Å². The van der Waals surface area contributed by atoms with Gasteiger partial charge in [0.1, 0.15) is 6.54 Å². The van der Waals surface area contributed by atoms with Gasteiger partial charge in [-0.25, -0.2) is 0 Å². The predicted octanol–water partition coefficient (Wildman–Crippen LogP) is -2.82. The van der Waals surface area contributed by atoms with Gasteiger partial charge in [0.05, 0.1) is 13.6 Å².